The molecule has 2 aromatic carbocycles. The Kier molecular flexibility index (Phi) is 3.39. The fraction of sp³-hybridized carbons (Fsp3) is 0.125. The fourth-order valence-electron chi connectivity index (χ4n) is 2.25. The van der Waals surface area contributed by atoms with Gasteiger partial charge in [0.25, 0.3) is 0 Å². The van der Waals surface area contributed by atoms with Crippen molar-refractivity contribution >= 4 is 22.4 Å². The van der Waals surface area contributed by atoms with Gasteiger partial charge in [-0.3, -0.25) is 0 Å². The molecule has 4 nitrogen and oxygen atoms in total. The highest BCUT2D eigenvalue weighted by atomic mass is 19.1. The summed E-state index contributed by atoms with van der Waals surface area (Å²) in [6.07, 6.45) is 1.50. The van der Waals surface area contributed by atoms with E-state index in [-0.39, 0.29) is 11.9 Å². The first-order chi connectivity index (χ1) is 10.1. The molecule has 0 radical (unpaired) electrons. The van der Waals surface area contributed by atoms with Gasteiger partial charge in [0.1, 0.15) is 18.0 Å². The smallest absolute Gasteiger partial charge is 0.137 e. The molecule has 21 heavy (non-hydrogen) atoms. The summed E-state index contributed by atoms with van der Waals surface area (Å²) in [6.45, 7) is 1.95. The van der Waals surface area contributed by atoms with Crippen LogP contribution in [0, 0.1) is 5.82 Å². The Bertz CT molecular complexity index is 788. The molecular weight excluding hydrogens is 267 g/mol. The van der Waals surface area contributed by atoms with E-state index in [1.807, 2.05) is 25.1 Å². The highest BCUT2D eigenvalue weighted by Crippen LogP contribution is 2.25. The summed E-state index contributed by atoms with van der Waals surface area (Å²) in [7, 11) is 0. The van der Waals surface area contributed by atoms with Crippen molar-refractivity contribution in [2.75, 3.05) is 11.1 Å². The second-order valence-electron chi connectivity index (χ2n) is 4.92. The molecule has 1 unspecified atom stereocenters. The largest absolute Gasteiger partial charge is 0.399 e. The molecule has 5 heteroatoms. The molecule has 0 aliphatic carbocycles. The predicted molar refractivity (Wildman–Crippen MR) is 82.4 cm³/mol. The van der Waals surface area contributed by atoms with E-state index in [2.05, 4.69) is 15.3 Å². The lowest BCUT2D eigenvalue weighted by Gasteiger charge is -2.16. The van der Waals surface area contributed by atoms with Crippen LogP contribution < -0.4 is 11.1 Å². The Morgan fingerprint density at radius 1 is 1.14 bits per heavy atom. The molecule has 0 aliphatic rings. The van der Waals surface area contributed by atoms with E-state index in [4.69, 9.17) is 5.73 Å². The lowest BCUT2D eigenvalue weighted by Crippen LogP contribution is -2.09. The van der Waals surface area contributed by atoms with Crippen molar-refractivity contribution in [3.63, 3.8) is 0 Å². The van der Waals surface area contributed by atoms with E-state index in [1.54, 1.807) is 12.1 Å². The van der Waals surface area contributed by atoms with Crippen molar-refractivity contribution in [3.05, 3.63) is 60.2 Å². The van der Waals surface area contributed by atoms with Gasteiger partial charge in [0.15, 0.2) is 0 Å². The molecule has 106 valence electrons. The predicted octanol–water partition coefficient (Wildman–Crippen LogP) is 3.52. The van der Waals surface area contributed by atoms with Crippen LogP contribution in [0.25, 0.3) is 10.9 Å². The minimum absolute atomic E-state index is 0.0831. The van der Waals surface area contributed by atoms with Gasteiger partial charge in [0.05, 0.1) is 11.6 Å². The van der Waals surface area contributed by atoms with Crippen molar-refractivity contribution < 1.29 is 4.39 Å². The summed E-state index contributed by atoms with van der Waals surface area (Å²) in [5.41, 5.74) is 8.14. The van der Waals surface area contributed by atoms with Gasteiger partial charge in [-0.2, -0.15) is 0 Å². The van der Waals surface area contributed by atoms with Crippen LogP contribution in [0.4, 0.5) is 15.9 Å². The highest BCUT2D eigenvalue weighted by molar-refractivity contribution is 5.91. The van der Waals surface area contributed by atoms with Gasteiger partial charge in [-0.1, -0.05) is 12.1 Å². The SMILES string of the molecule is CC(Nc1ncnc2ccc(N)cc12)c1cccc(F)c1. The summed E-state index contributed by atoms with van der Waals surface area (Å²) in [4.78, 5) is 8.47. The molecule has 1 atom stereocenters. The summed E-state index contributed by atoms with van der Waals surface area (Å²) in [5, 5.41) is 4.13. The standard InChI is InChI=1S/C16H15FN4/c1-10(11-3-2-4-12(17)7-11)21-16-14-8-13(18)5-6-15(14)19-9-20-16/h2-10H,18H2,1H3,(H,19,20,21). The van der Waals surface area contributed by atoms with E-state index in [1.165, 1.54) is 18.5 Å². The zero-order valence-corrected chi connectivity index (χ0v) is 11.5. The van der Waals surface area contributed by atoms with Crippen molar-refractivity contribution in [2.45, 2.75) is 13.0 Å². The zero-order valence-electron chi connectivity index (χ0n) is 11.5. The molecule has 1 aromatic heterocycles. The first-order valence-corrected chi connectivity index (χ1v) is 6.66. The van der Waals surface area contributed by atoms with Gasteiger partial charge < -0.3 is 11.1 Å². The Morgan fingerprint density at radius 3 is 2.81 bits per heavy atom. The number of hydrogen-bond acceptors (Lipinski definition) is 4. The van der Waals surface area contributed by atoms with E-state index < -0.39 is 0 Å². The first kappa shape index (κ1) is 13.3. The molecule has 1 heterocycles. The maximum atomic E-state index is 13.3. The van der Waals surface area contributed by atoms with Gasteiger partial charge in [-0.05, 0) is 42.8 Å². The quantitative estimate of drug-likeness (QED) is 0.721. The third kappa shape index (κ3) is 2.76. The molecule has 0 aliphatic heterocycles. The van der Waals surface area contributed by atoms with Crippen LogP contribution >= 0.6 is 0 Å². The Balaban J connectivity index is 1.96. The van der Waals surface area contributed by atoms with Gasteiger partial charge in [0, 0.05) is 11.1 Å². The Hall–Kier alpha value is -2.69. The van der Waals surface area contributed by atoms with Crippen LogP contribution in [-0.4, -0.2) is 9.97 Å². The monoisotopic (exact) mass is 282 g/mol. The lowest BCUT2D eigenvalue weighted by molar-refractivity contribution is 0.623. The van der Waals surface area contributed by atoms with Crippen molar-refractivity contribution in [2.24, 2.45) is 0 Å². The Labute approximate surface area is 121 Å². The van der Waals surface area contributed by atoms with Crippen molar-refractivity contribution in [1.82, 2.24) is 9.97 Å². The fourth-order valence-corrected chi connectivity index (χ4v) is 2.25. The van der Waals surface area contributed by atoms with E-state index in [0.29, 0.717) is 11.5 Å². The van der Waals surface area contributed by atoms with Crippen LogP contribution in [0.5, 0.6) is 0 Å². The minimum Gasteiger partial charge on any atom is -0.399 e. The zero-order chi connectivity index (χ0) is 14.8. The third-order valence-electron chi connectivity index (χ3n) is 3.36. The average molecular weight is 282 g/mol. The van der Waals surface area contributed by atoms with Crippen molar-refractivity contribution in [3.8, 4) is 0 Å². The van der Waals surface area contributed by atoms with E-state index >= 15 is 0 Å². The number of halogens is 1. The topological polar surface area (TPSA) is 63.8 Å². The van der Waals surface area contributed by atoms with Crippen LogP contribution in [0.15, 0.2) is 48.8 Å². The number of benzene rings is 2. The van der Waals surface area contributed by atoms with Gasteiger partial charge >= 0.3 is 0 Å². The summed E-state index contributed by atoms with van der Waals surface area (Å²) >= 11 is 0. The highest BCUT2D eigenvalue weighted by Gasteiger charge is 2.10. The molecule has 0 amide bonds. The summed E-state index contributed by atoms with van der Waals surface area (Å²) in [6, 6.07) is 11.9. The van der Waals surface area contributed by atoms with Crippen molar-refractivity contribution in [1.29, 1.82) is 0 Å². The molecule has 3 rings (SSSR count). The molecule has 3 N–H and O–H groups in total. The number of aromatic nitrogens is 2. The number of hydrogen-bond donors (Lipinski definition) is 2. The number of anilines is 2. The van der Waals surface area contributed by atoms with E-state index in [9.17, 15) is 4.39 Å². The molecular formula is C16H15FN4. The maximum absolute atomic E-state index is 13.3. The van der Waals surface area contributed by atoms with Crippen LogP contribution in [0.1, 0.15) is 18.5 Å². The second-order valence-corrected chi connectivity index (χ2v) is 4.92. The second kappa shape index (κ2) is 5.36. The molecule has 0 saturated heterocycles. The number of nitrogens with zero attached hydrogens (tertiary/aromatic N) is 2. The molecule has 0 fully saturated rings. The van der Waals surface area contributed by atoms with Crippen LogP contribution in [0.3, 0.4) is 0 Å². The maximum Gasteiger partial charge on any atom is 0.137 e. The van der Waals surface area contributed by atoms with Crippen LogP contribution in [-0.2, 0) is 0 Å². The van der Waals surface area contributed by atoms with Gasteiger partial charge in [-0.25, -0.2) is 14.4 Å². The summed E-state index contributed by atoms with van der Waals surface area (Å²) < 4.78 is 13.3. The van der Waals surface area contributed by atoms with Gasteiger partial charge in [0.2, 0.25) is 0 Å². The van der Waals surface area contributed by atoms with Gasteiger partial charge in [-0.15, -0.1) is 0 Å². The Morgan fingerprint density at radius 2 is 2.00 bits per heavy atom. The molecule has 0 spiro atoms. The average Bonchev–Trinajstić information content (AvgIpc) is 2.48. The molecule has 0 bridgehead atoms. The van der Waals surface area contributed by atoms with E-state index in [0.717, 1.165) is 16.5 Å². The lowest BCUT2D eigenvalue weighted by atomic mass is 10.1. The third-order valence-corrected chi connectivity index (χ3v) is 3.36. The van der Waals surface area contributed by atoms with Crippen LogP contribution in [0.2, 0.25) is 0 Å². The molecule has 3 aromatic rings. The minimum atomic E-state index is -0.252. The number of nitrogen functional groups attached to an aromatic ring is 1. The number of fused-ring (bicyclic) bond motifs is 1. The first-order valence-electron chi connectivity index (χ1n) is 6.66. The summed E-state index contributed by atoms with van der Waals surface area (Å²) in [5.74, 6) is 0.432. The number of nitrogens with two attached hydrogens (primary N) is 1. The number of rotatable bonds is 3. The molecule has 0 saturated carbocycles. The number of nitrogens with one attached hydrogen (secondary N) is 1. The normalized spacial score (nSPS) is 12.3.